The van der Waals surface area contributed by atoms with Crippen LogP contribution in [0.25, 0.3) is 0 Å². The standard InChI is InChI=1S/C5H4N2O3/c8-7(9)10-5-2-1-3-6-4-5/h1-4H. The minimum absolute atomic E-state index is 0.132. The van der Waals surface area contributed by atoms with E-state index in [4.69, 9.17) is 0 Å². The number of pyridine rings is 1. The number of hydrogen-bond donors (Lipinski definition) is 0. The molecule has 0 amide bonds. The molecule has 0 saturated heterocycles. The second-order valence-electron chi connectivity index (χ2n) is 1.50. The van der Waals surface area contributed by atoms with Crippen LogP contribution in [0.2, 0.25) is 0 Å². The average molecular weight is 140 g/mol. The van der Waals surface area contributed by atoms with Gasteiger partial charge >= 0.3 is 0 Å². The van der Waals surface area contributed by atoms with Gasteiger partial charge < -0.3 is 0 Å². The lowest BCUT2D eigenvalue weighted by Gasteiger charge is -1.93. The topological polar surface area (TPSA) is 65.3 Å². The van der Waals surface area contributed by atoms with Gasteiger partial charge in [0.1, 0.15) is 5.75 Å². The predicted molar refractivity (Wildman–Crippen MR) is 31.9 cm³/mol. The van der Waals surface area contributed by atoms with Gasteiger partial charge in [-0.15, -0.1) is 10.1 Å². The molecule has 1 rings (SSSR count). The van der Waals surface area contributed by atoms with E-state index < -0.39 is 5.09 Å². The zero-order valence-electron chi connectivity index (χ0n) is 4.93. The van der Waals surface area contributed by atoms with Crippen LogP contribution in [-0.4, -0.2) is 10.1 Å². The number of nitrogens with zero attached hydrogens (tertiary/aromatic N) is 2. The van der Waals surface area contributed by atoms with E-state index in [0.29, 0.717) is 0 Å². The molecule has 1 aromatic rings. The summed E-state index contributed by atoms with van der Waals surface area (Å²) in [5, 5.41) is 8.85. The van der Waals surface area contributed by atoms with Crippen molar-refractivity contribution in [1.82, 2.24) is 4.98 Å². The summed E-state index contributed by atoms with van der Waals surface area (Å²) in [6.07, 6.45) is 2.77. The fraction of sp³-hybridized carbons (Fsp3) is 0. The highest BCUT2D eigenvalue weighted by atomic mass is 17.0. The van der Waals surface area contributed by atoms with E-state index in [-0.39, 0.29) is 5.75 Å². The van der Waals surface area contributed by atoms with Crippen molar-refractivity contribution in [1.29, 1.82) is 0 Å². The van der Waals surface area contributed by atoms with Crippen LogP contribution in [-0.2, 0) is 0 Å². The first-order chi connectivity index (χ1) is 4.79. The molecular weight excluding hydrogens is 136 g/mol. The van der Waals surface area contributed by atoms with E-state index in [2.05, 4.69) is 9.82 Å². The molecular formula is C5H4N2O3. The third kappa shape index (κ3) is 1.70. The lowest BCUT2D eigenvalue weighted by atomic mass is 10.5. The SMILES string of the molecule is O=[N+]([O-])Oc1cccnc1. The molecule has 1 heterocycles. The Bertz CT molecular complexity index is 224. The van der Waals surface area contributed by atoms with Crippen molar-refractivity contribution < 1.29 is 9.92 Å². The van der Waals surface area contributed by atoms with Crippen molar-refractivity contribution in [2.24, 2.45) is 0 Å². The summed E-state index contributed by atoms with van der Waals surface area (Å²) < 4.78 is 0. The number of rotatable bonds is 2. The predicted octanol–water partition coefficient (Wildman–Crippen LogP) is 0.652. The summed E-state index contributed by atoms with van der Waals surface area (Å²) >= 11 is 0. The number of aromatic nitrogens is 1. The molecule has 0 aliphatic rings. The fourth-order valence-corrected chi connectivity index (χ4v) is 0.487. The monoisotopic (exact) mass is 140 g/mol. The Labute approximate surface area is 56.4 Å². The van der Waals surface area contributed by atoms with Crippen LogP contribution < -0.4 is 4.84 Å². The molecule has 0 fully saturated rings. The van der Waals surface area contributed by atoms with Gasteiger partial charge in [-0.2, -0.15) is 0 Å². The van der Waals surface area contributed by atoms with Crippen molar-refractivity contribution >= 4 is 0 Å². The zero-order chi connectivity index (χ0) is 7.40. The van der Waals surface area contributed by atoms with E-state index in [9.17, 15) is 10.1 Å². The van der Waals surface area contributed by atoms with Crippen molar-refractivity contribution in [2.75, 3.05) is 0 Å². The fourth-order valence-electron chi connectivity index (χ4n) is 0.487. The maximum Gasteiger partial charge on any atom is 0.299 e. The minimum atomic E-state index is -0.878. The van der Waals surface area contributed by atoms with Crippen molar-refractivity contribution in [2.45, 2.75) is 0 Å². The van der Waals surface area contributed by atoms with E-state index >= 15 is 0 Å². The highest BCUT2D eigenvalue weighted by Gasteiger charge is 1.95. The third-order valence-electron chi connectivity index (χ3n) is 0.814. The van der Waals surface area contributed by atoms with Crippen LogP contribution in [0.15, 0.2) is 24.5 Å². The largest absolute Gasteiger partial charge is 0.299 e. The van der Waals surface area contributed by atoms with Gasteiger partial charge in [0.05, 0.1) is 6.20 Å². The molecule has 0 unspecified atom stereocenters. The van der Waals surface area contributed by atoms with E-state index in [0.717, 1.165) is 0 Å². The molecule has 5 nitrogen and oxygen atoms in total. The second-order valence-corrected chi connectivity index (χ2v) is 1.50. The summed E-state index contributed by atoms with van der Waals surface area (Å²) in [6, 6.07) is 3.01. The van der Waals surface area contributed by atoms with E-state index in [1.165, 1.54) is 18.5 Å². The molecule has 0 N–H and O–H groups in total. The van der Waals surface area contributed by atoms with Gasteiger partial charge in [-0.05, 0) is 12.1 Å². The summed E-state index contributed by atoms with van der Waals surface area (Å²) in [6.45, 7) is 0. The van der Waals surface area contributed by atoms with Gasteiger partial charge in [-0.3, -0.25) is 9.82 Å². The van der Waals surface area contributed by atoms with Crippen LogP contribution in [0, 0.1) is 10.1 Å². The Morgan fingerprint density at radius 3 is 3.00 bits per heavy atom. The maximum absolute atomic E-state index is 9.72. The highest BCUT2D eigenvalue weighted by molar-refractivity contribution is 5.14. The lowest BCUT2D eigenvalue weighted by molar-refractivity contribution is -0.711. The summed E-state index contributed by atoms with van der Waals surface area (Å²) in [4.78, 5) is 17.4. The van der Waals surface area contributed by atoms with E-state index in [1.807, 2.05) is 0 Å². The normalized spacial score (nSPS) is 8.80. The van der Waals surface area contributed by atoms with Crippen LogP contribution in [0.3, 0.4) is 0 Å². The molecule has 52 valence electrons. The van der Waals surface area contributed by atoms with Crippen molar-refractivity contribution in [3.63, 3.8) is 0 Å². The Balaban J connectivity index is 2.67. The smallest absolute Gasteiger partial charge is 0.275 e. The van der Waals surface area contributed by atoms with Gasteiger partial charge in [-0.1, -0.05) is 0 Å². The summed E-state index contributed by atoms with van der Waals surface area (Å²) in [5.41, 5.74) is 0. The molecule has 0 aromatic carbocycles. The molecule has 0 aliphatic carbocycles. The average Bonchev–Trinajstić information content (AvgIpc) is 1.88. The van der Waals surface area contributed by atoms with Crippen LogP contribution in [0.1, 0.15) is 0 Å². The molecule has 1 aromatic heterocycles. The molecule has 0 bridgehead atoms. The van der Waals surface area contributed by atoms with Crippen LogP contribution in [0.4, 0.5) is 0 Å². The van der Waals surface area contributed by atoms with E-state index in [1.54, 1.807) is 6.07 Å². The molecule has 0 spiro atoms. The molecule has 0 saturated carbocycles. The van der Waals surface area contributed by atoms with Crippen LogP contribution >= 0.6 is 0 Å². The van der Waals surface area contributed by atoms with Gasteiger partial charge in [0.15, 0.2) is 0 Å². The lowest BCUT2D eigenvalue weighted by Crippen LogP contribution is -2.03. The van der Waals surface area contributed by atoms with Gasteiger partial charge in [0.2, 0.25) is 0 Å². The Hall–Kier alpha value is -1.65. The minimum Gasteiger partial charge on any atom is -0.275 e. The first-order valence-electron chi connectivity index (χ1n) is 2.51. The molecule has 10 heavy (non-hydrogen) atoms. The Morgan fingerprint density at radius 1 is 1.70 bits per heavy atom. The zero-order valence-corrected chi connectivity index (χ0v) is 4.93. The van der Waals surface area contributed by atoms with Gasteiger partial charge in [0, 0.05) is 6.20 Å². The number of hydrogen-bond acceptors (Lipinski definition) is 4. The molecule has 5 heteroatoms. The first-order valence-corrected chi connectivity index (χ1v) is 2.51. The van der Waals surface area contributed by atoms with Gasteiger partial charge in [-0.25, -0.2) is 0 Å². The highest BCUT2D eigenvalue weighted by Crippen LogP contribution is 2.04. The van der Waals surface area contributed by atoms with Crippen molar-refractivity contribution in [3.8, 4) is 5.75 Å². The molecule has 0 radical (unpaired) electrons. The van der Waals surface area contributed by atoms with Crippen molar-refractivity contribution in [3.05, 3.63) is 34.6 Å². The quantitative estimate of drug-likeness (QED) is 0.447. The van der Waals surface area contributed by atoms with Gasteiger partial charge in [0.25, 0.3) is 5.09 Å². The first kappa shape index (κ1) is 6.47. The third-order valence-corrected chi connectivity index (χ3v) is 0.814. The summed E-state index contributed by atoms with van der Waals surface area (Å²) in [5.74, 6) is 0.132. The molecule has 0 aliphatic heterocycles. The Morgan fingerprint density at radius 2 is 2.50 bits per heavy atom. The maximum atomic E-state index is 9.72. The second kappa shape index (κ2) is 2.77. The summed E-state index contributed by atoms with van der Waals surface area (Å²) in [7, 11) is 0. The van der Waals surface area contributed by atoms with Crippen LogP contribution in [0.5, 0.6) is 5.75 Å². The Kier molecular flexibility index (Phi) is 1.79. The molecule has 0 atom stereocenters.